The SMILES string of the molecule is CCOc1ccc(NS(=O)(=O)c2ccc3c(c2)C2C=CCC2C(c2ccc(O)cc2O)N3)cc1. The first-order valence-electron chi connectivity index (χ1n) is 11.2. The quantitative estimate of drug-likeness (QED) is 0.366. The van der Waals surface area contributed by atoms with Crippen LogP contribution in [0.1, 0.15) is 36.4 Å². The molecular weight excluding hydrogens is 452 g/mol. The number of hydrogen-bond donors (Lipinski definition) is 4. The first-order chi connectivity index (χ1) is 16.4. The molecule has 34 heavy (non-hydrogen) atoms. The number of phenolic OH excluding ortho intramolecular Hbond substituents is 2. The van der Waals surface area contributed by atoms with Crippen molar-refractivity contribution in [3.8, 4) is 17.2 Å². The molecule has 8 heteroatoms. The first-order valence-corrected chi connectivity index (χ1v) is 12.7. The van der Waals surface area contributed by atoms with Gasteiger partial charge in [0.25, 0.3) is 10.0 Å². The van der Waals surface area contributed by atoms with E-state index >= 15 is 0 Å². The standard InChI is InChI=1S/C26H26N2O5S/c1-2-33-18-9-6-16(7-10-18)28-34(31,32)19-11-13-24-23(15-19)20-4-3-5-21(20)26(27-24)22-12-8-17(29)14-25(22)30/h3-4,6-15,20-21,26-30H,2,5H2,1H3. The van der Waals surface area contributed by atoms with E-state index in [2.05, 4.69) is 22.2 Å². The average molecular weight is 479 g/mol. The molecule has 0 radical (unpaired) electrons. The number of benzene rings is 3. The Morgan fingerprint density at radius 2 is 1.82 bits per heavy atom. The summed E-state index contributed by atoms with van der Waals surface area (Å²) < 4.78 is 34.3. The molecular formula is C26H26N2O5S. The maximum atomic E-state index is 13.1. The van der Waals surface area contributed by atoms with Gasteiger partial charge in [0.05, 0.1) is 17.5 Å². The molecule has 0 saturated carbocycles. The fourth-order valence-corrected chi connectivity index (χ4v) is 5.94. The maximum absolute atomic E-state index is 13.1. The highest BCUT2D eigenvalue weighted by atomic mass is 32.2. The summed E-state index contributed by atoms with van der Waals surface area (Å²) in [5.74, 6) is 0.840. The molecule has 0 saturated heterocycles. The van der Waals surface area contributed by atoms with E-state index in [-0.39, 0.29) is 34.3 Å². The first kappa shape index (κ1) is 22.2. The number of aromatic hydroxyl groups is 2. The zero-order chi connectivity index (χ0) is 23.9. The minimum absolute atomic E-state index is 0.00781. The van der Waals surface area contributed by atoms with Crippen molar-refractivity contribution < 1.29 is 23.4 Å². The highest BCUT2D eigenvalue weighted by Gasteiger charge is 2.39. The number of phenols is 2. The number of anilines is 2. The van der Waals surface area contributed by atoms with E-state index in [4.69, 9.17) is 4.74 Å². The molecule has 0 bridgehead atoms. The number of allylic oxidation sites excluding steroid dienone is 2. The van der Waals surface area contributed by atoms with Gasteiger partial charge >= 0.3 is 0 Å². The van der Waals surface area contributed by atoms with E-state index in [1.54, 1.807) is 54.6 Å². The van der Waals surface area contributed by atoms with Crippen molar-refractivity contribution in [1.82, 2.24) is 0 Å². The van der Waals surface area contributed by atoms with Gasteiger partial charge in [-0.25, -0.2) is 8.42 Å². The van der Waals surface area contributed by atoms with Crippen LogP contribution in [0.4, 0.5) is 11.4 Å². The fraction of sp³-hybridized carbons (Fsp3) is 0.231. The van der Waals surface area contributed by atoms with Gasteiger partial charge in [-0.1, -0.05) is 12.2 Å². The molecule has 3 atom stereocenters. The van der Waals surface area contributed by atoms with Crippen LogP contribution < -0.4 is 14.8 Å². The molecule has 0 aromatic heterocycles. The van der Waals surface area contributed by atoms with Gasteiger partial charge in [-0.15, -0.1) is 0 Å². The Balaban J connectivity index is 1.44. The molecule has 1 aliphatic heterocycles. The van der Waals surface area contributed by atoms with Crippen molar-refractivity contribution in [2.45, 2.75) is 30.2 Å². The molecule has 3 aromatic carbocycles. The largest absolute Gasteiger partial charge is 0.508 e. The smallest absolute Gasteiger partial charge is 0.261 e. The molecule has 176 valence electrons. The second kappa shape index (κ2) is 8.61. The molecule has 0 amide bonds. The summed E-state index contributed by atoms with van der Waals surface area (Å²) in [6.45, 7) is 2.43. The van der Waals surface area contributed by atoms with Crippen molar-refractivity contribution in [3.05, 3.63) is 83.9 Å². The Morgan fingerprint density at radius 3 is 2.56 bits per heavy atom. The normalized spacial score (nSPS) is 20.8. The van der Waals surface area contributed by atoms with E-state index in [9.17, 15) is 18.6 Å². The zero-order valence-electron chi connectivity index (χ0n) is 18.6. The lowest BCUT2D eigenvalue weighted by Gasteiger charge is -2.38. The van der Waals surface area contributed by atoms with E-state index in [1.165, 1.54) is 6.07 Å². The van der Waals surface area contributed by atoms with Crippen molar-refractivity contribution in [2.75, 3.05) is 16.6 Å². The molecule has 1 heterocycles. The zero-order valence-corrected chi connectivity index (χ0v) is 19.4. The summed E-state index contributed by atoms with van der Waals surface area (Å²) in [5, 5.41) is 23.6. The Morgan fingerprint density at radius 1 is 1.03 bits per heavy atom. The predicted molar refractivity (Wildman–Crippen MR) is 131 cm³/mol. The van der Waals surface area contributed by atoms with Gasteiger partial charge in [0.2, 0.25) is 0 Å². The number of ether oxygens (including phenoxy) is 1. The fourth-order valence-electron chi connectivity index (χ4n) is 4.84. The third-order valence-corrected chi connectivity index (χ3v) is 7.79. The lowest BCUT2D eigenvalue weighted by Crippen LogP contribution is -2.29. The van der Waals surface area contributed by atoms with Gasteiger partial charge in [0.1, 0.15) is 17.2 Å². The van der Waals surface area contributed by atoms with Crippen molar-refractivity contribution in [1.29, 1.82) is 0 Å². The monoisotopic (exact) mass is 478 g/mol. The Labute approximate surface area is 198 Å². The summed E-state index contributed by atoms with van der Waals surface area (Å²) in [6.07, 6.45) is 4.99. The molecule has 3 unspecified atom stereocenters. The molecule has 1 aliphatic carbocycles. The lowest BCUT2D eigenvalue weighted by atomic mass is 9.77. The van der Waals surface area contributed by atoms with Crippen LogP contribution >= 0.6 is 0 Å². The van der Waals surface area contributed by atoms with Crippen LogP contribution in [0.25, 0.3) is 0 Å². The Kier molecular flexibility index (Phi) is 5.61. The molecule has 3 aromatic rings. The maximum Gasteiger partial charge on any atom is 0.261 e. The topological polar surface area (TPSA) is 108 Å². The molecule has 5 rings (SSSR count). The second-order valence-corrected chi connectivity index (χ2v) is 10.2. The van der Waals surface area contributed by atoms with Crippen LogP contribution in [0, 0.1) is 5.92 Å². The third kappa shape index (κ3) is 4.05. The summed E-state index contributed by atoms with van der Waals surface area (Å²) >= 11 is 0. The van der Waals surface area contributed by atoms with Gasteiger partial charge < -0.3 is 20.3 Å². The Bertz CT molecular complexity index is 1350. The highest BCUT2D eigenvalue weighted by Crippen LogP contribution is 2.51. The van der Waals surface area contributed by atoms with Crippen LogP contribution in [-0.2, 0) is 10.0 Å². The third-order valence-electron chi connectivity index (χ3n) is 6.41. The molecule has 4 N–H and O–H groups in total. The highest BCUT2D eigenvalue weighted by molar-refractivity contribution is 7.92. The minimum Gasteiger partial charge on any atom is -0.508 e. The number of nitrogens with one attached hydrogen (secondary N) is 2. The number of hydrogen-bond acceptors (Lipinski definition) is 6. The van der Waals surface area contributed by atoms with Gasteiger partial charge in [-0.2, -0.15) is 0 Å². The number of fused-ring (bicyclic) bond motifs is 3. The van der Waals surface area contributed by atoms with Crippen molar-refractivity contribution >= 4 is 21.4 Å². The van der Waals surface area contributed by atoms with Crippen LogP contribution in [0.2, 0.25) is 0 Å². The van der Waals surface area contributed by atoms with Crippen LogP contribution in [-0.4, -0.2) is 25.2 Å². The summed E-state index contributed by atoms with van der Waals surface area (Å²) in [4.78, 5) is 0.187. The van der Waals surface area contributed by atoms with Crippen molar-refractivity contribution in [3.63, 3.8) is 0 Å². The van der Waals surface area contributed by atoms with E-state index in [0.717, 1.165) is 17.7 Å². The van der Waals surface area contributed by atoms with Crippen LogP contribution in [0.5, 0.6) is 17.2 Å². The van der Waals surface area contributed by atoms with Crippen molar-refractivity contribution in [2.24, 2.45) is 5.92 Å². The van der Waals surface area contributed by atoms with E-state index < -0.39 is 10.0 Å². The lowest BCUT2D eigenvalue weighted by molar-refractivity contribution is 0.340. The number of rotatable bonds is 6. The summed E-state index contributed by atoms with van der Waals surface area (Å²) in [5.41, 5.74) is 2.89. The van der Waals surface area contributed by atoms with Gasteiger partial charge in [0, 0.05) is 28.9 Å². The molecule has 7 nitrogen and oxygen atoms in total. The number of sulfonamides is 1. The second-order valence-electron chi connectivity index (χ2n) is 8.53. The van der Waals surface area contributed by atoms with Crippen LogP contribution in [0.15, 0.2) is 77.7 Å². The molecule has 2 aliphatic rings. The molecule has 0 spiro atoms. The van der Waals surface area contributed by atoms with Crippen LogP contribution in [0.3, 0.4) is 0 Å². The van der Waals surface area contributed by atoms with E-state index in [1.807, 2.05) is 6.92 Å². The minimum atomic E-state index is -3.79. The molecule has 0 fully saturated rings. The van der Waals surface area contributed by atoms with Gasteiger partial charge in [-0.05, 0) is 79.4 Å². The summed E-state index contributed by atoms with van der Waals surface area (Å²) in [6, 6.07) is 16.3. The van der Waals surface area contributed by atoms with E-state index in [0.29, 0.717) is 23.6 Å². The summed E-state index contributed by atoms with van der Waals surface area (Å²) in [7, 11) is -3.79. The Hall–Kier alpha value is -3.65. The van der Waals surface area contributed by atoms with Gasteiger partial charge in [-0.3, -0.25) is 4.72 Å². The van der Waals surface area contributed by atoms with Gasteiger partial charge in [0.15, 0.2) is 0 Å². The predicted octanol–water partition coefficient (Wildman–Crippen LogP) is 5.12. The average Bonchev–Trinajstić information content (AvgIpc) is 3.30.